The topological polar surface area (TPSA) is 87.4 Å². The number of piperazine rings is 1. The Hall–Kier alpha value is -1.21. The van der Waals surface area contributed by atoms with Crippen LogP contribution in [0.3, 0.4) is 0 Å². The number of nitrogens with one attached hydrogen (secondary N) is 2. The summed E-state index contributed by atoms with van der Waals surface area (Å²) in [6.07, 6.45) is 0. The fourth-order valence-corrected chi connectivity index (χ4v) is 2.80. The van der Waals surface area contributed by atoms with Crippen molar-refractivity contribution in [2.24, 2.45) is 0 Å². The molecule has 0 spiro atoms. The SMILES string of the molecule is C[N+]1(CC(=O)Nc2cc(Cl)c(N)c(Cl)c2O)CCNCC1. The molecule has 0 bridgehead atoms. The van der Waals surface area contributed by atoms with Gasteiger partial charge >= 0.3 is 0 Å². The number of benzene rings is 1. The summed E-state index contributed by atoms with van der Waals surface area (Å²) < 4.78 is 0.649. The van der Waals surface area contributed by atoms with E-state index >= 15 is 0 Å². The first-order valence-corrected chi connectivity index (χ1v) is 7.38. The maximum atomic E-state index is 12.2. The molecule has 21 heavy (non-hydrogen) atoms. The first-order chi connectivity index (χ1) is 9.82. The van der Waals surface area contributed by atoms with Crippen LogP contribution in [0.15, 0.2) is 6.07 Å². The number of hydrogen-bond acceptors (Lipinski definition) is 4. The van der Waals surface area contributed by atoms with Gasteiger partial charge in [0.05, 0.1) is 36.5 Å². The molecule has 0 radical (unpaired) electrons. The Bertz CT molecular complexity index is 560. The highest BCUT2D eigenvalue weighted by Crippen LogP contribution is 2.41. The molecule has 1 heterocycles. The molecule has 0 aromatic heterocycles. The summed E-state index contributed by atoms with van der Waals surface area (Å²) in [7, 11) is 2.03. The van der Waals surface area contributed by atoms with E-state index in [4.69, 9.17) is 28.9 Å². The van der Waals surface area contributed by atoms with Gasteiger partial charge in [-0.3, -0.25) is 4.79 Å². The van der Waals surface area contributed by atoms with Crippen LogP contribution in [-0.2, 0) is 4.79 Å². The number of phenolic OH excluding ortho intramolecular Hbond substituents is 1. The number of amides is 1. The van der Waals surface area contributed by atoms with Gasteiger partial charge in [0.15, 0.2) is 12.3 Å². The molecule has 6 nitrogen and oxygen atoms in total. The third-order valence-electron chi connectivity index (χ3n) is 3.68. The lowest BCUT2D eigenvalue weighted by Gasteiger charge is -2.37. The van der Waals surface area contributed by atoms with Crippen LogP contribution >= 0.6 is 23.2 Å². The number of nitrogens with two attached hydrogens (primary N) is 1. The number of rotatable bonds is 3. The van der Waals surface area contributed by atoms with E-state index in [1.165, 1.54) is 6.07 Å². The third kappa shape index (κ3) is 3.71. The predicted molar refractivity (Wildman–Crippen MR) is 84.8 cm³/mol. The summed E-state index contributed by atoms with van der Waals surface area (Å²) in [4.78, 5) is 12.2. The summed E-state index contributed by atoms with van der Waals surface area (Å²) in [6.45, 7) is 3.84. The van der Waals surface area contributed by atoms with Crippen molar-refractivity contribution < 1.29 is 14.4 Å². The molecule has 8 heteroatoms. The van der Waals surface area contributed by atoms with Gasteiger partial charge < -0.3 is 26.0 Å². The molecule has 0 aliphatic carbocycles. The highest BCUT2D eigenvalue weighted by molar-refractivity contribution is 6.40. The molecule has 2 rings (SSSR count). The van der Waals surface area contributed by atoms with Crippen molar-refractivity contribution in [1.29, 1.82) is 0 Å². The van der Waals surface area contributed by atoms with Crippen LogP contribution in [0, 0.1) is 0 Å². The molecule has 0 saturated carbocycles. The van der Waals surface area contributed by atoms with Crippen LogP contribution < -0.4 is 16.4 Å². The highest BCUT2D eigenvalue weighted by Gasteiger charge is 2.28. The van der Waals surface area contributed by atoms with Crippen LogP contribution in [0.1, 0.15) is 0 Å². The van der Waals surface area contributed by atoms with Gasteiger partial charge in [0.1, 0.15) is 5.02 Å². The number of anilines is 2. The van der Waals surface area contributed by atoms with Crippen molar-refractivity contribution in [3.8, 4) is 5.75 Å². The van der Waals surface area contributed by atoms with Gasteiger partial charge in [0.25, 0.3) is 5.91 Å². The van der Waals surface area contributed by atoms with E-state index < -0.39 is 0 Å². The lowest BCUT2D eigenvalue weighted by molar-refractivity contribution is -0.903. The van der Waals surface area contributed by atoms with Crippen LogP contribution in [0.4, 0.5) is 11.4 Å². The van der Waals surface area contributed by atoms with Crippen molar-refractivity contribution in [2.45, 2.75) is 0 Å². The molecule has 1 aliphatic rings. The lowest BCUT2D eigenvalue weighted by Crippen LogP contribution is -2.58. The Morgan fingerprint density at radius 3 is 2.71 bits per heavy atom. The maximum absolute atomic E-state index is 12.2. The molecular formula is C13H19Cl2N4O2+. The largest absolute Gasteiger partial charge is 0.504 e. The maximum Gasteiger partial charge on any atom is 0.279 e. The van der Waals surface area contributed by atoms with E-state index in [0.29, 0.717) is 11.0 Å². The van der Waals surface area contributed by atoms with E-state index in [2.05, 4.69) is 10.6 Å². The fourth-order valence-electron chi connectivity index (χ4n) is 2.35. The monoisotopic (exact) mass is 333 g/mol. The molecule has 1 saturated heterocycles. The van der Waals surface area contributed by atoms with E-state index in [1.54, 1.807) is 0 Å². The van der Waals surface area contributed by atoms with Gasteiger partial charge in [-0.15, -0.1) is 0 Å². The minimum Gasteiger partial charge on any atom is -0.504 e. The Balaban J connectivity index is 2.09. The summed E-state index contributed by atoms with van der Waals surface area (Å²) in [5.41, 5.74) is 5.87. The van der Waals surface area contributed by atoms with E-state index in [1.807, 2.05) is 7.05 Å². The van der Waals surface area contributed by atoms with Crippen molar-refractivity contribution in [3.63, 3.8) is 0 Å². The average molecular weight is 334 g/mol. The van der Waals surface area contributed by atoms with Crippen molar-refractivity contribution in [3.05, 3.63) is 16.1 Å². The van der Waals surface area contributed by atoms with Gasteiger partial charge in [-0.1, -0.05) is 23.2 Å². The number of carbonyl (C=O) groups is 1. The Kier molecular flexibility index (Phi) is 4.83. The summed E-state index contributed by atoms with van der Waals surface area (Å²) in [5, 5.41) is 16.0. The van der Waals surface area contributed by atoms with Crippen molar-refractivity contribution in [2.75, 3.05) is 50.8 Å². The number of phenols is 1. The minimum absolute atomic E-state index is 0.0552. The lowest BCUT2D eigenvalue weighted by atomic mass is 10.2. The molecule has 1 aromatic carbocycles. The van der Waals surface area contributed by atoms with Crippen LogP contribution in [-0.4, -0.2) is 55.3 Å². The first kappa shape index (κ1) is 16.2. The molecule has 5 N–H and O–H groups in total. The molecule has 1 amide bonds. The van der Waals surface area contributed by atoms with Crippen LogP contribution in [0.2, 0.25) is 10.0 Å². The molecule has 1 aromatic rings. The van der Waals surface area contributed by atoms with Gasteiger partial charge in [-0.2, -0.15) is 0 Å². The molecule has 0 atom stereocenters. The van der Waals surface area contributed by atoms with Gasteiger partial charge in [0, 0.05) is 13.1 Å². The second-order valence-electron chi connectivity index (χ2n) is 5.51. The second-order valence-corrected chi connectivity index (χ2v) is 6.29. The van der Waals surface area contributed by atoms with Crippen molar-refractivity contribution in [1.82, 2.24) is 5.32 Å². The molecule has 1 aliphatic heterocycles. The van der Waals surface area contributed by atoms with E-state index in [9.17, 15) is 9.90 Å². The van der Waals surface area contributed by atoms with Crippen molar-refractivity contribution >= 4 is 40.5 Å². The van der Waals surface area contributed by atoms with Crippen LogP contribution in [0.5, 0.6) is 5.75 Å². The highest BCUT2D eigenvalue weighted by atomic mass is 35.5. The Morgan fingerprint density at radius 1 is 1.48 bits per heavy atom. The molecule has 0 unspecified atom stereocenters. The van der Waals surface area contributed by atoms with Crippen LogP contribution in [0.25, 0.3) is 0 Å². The number of nitrogens with zero attached hydrogens (tertiary/aromatic N) is 1. The number of aromatic hydroxyl groups is 1. The van der Waals surface area contributed by atoms with Gasteiger partial charge in [-0.05, 0) is 6.07 Å². The number of carbonyl (C=O) groups excluding carboxylic acids is 1. The first-order valence-electron chi connectivity index (χ1n) is 6.63. The summed E-state index contributed by atoms with van der Waals surface area (Å²) >= 11 is 11.8. The minimum atomic E-state index is -0.269. The average Bonchev–Trinajstić information content (AvgIpc) is 2.42. The quantitative estimate of drug-likeness (QED) is 0.381. The van der Waals surface area contributed by atoms with E-state index in [-0.39, 0.29) is 33.1 Å². The zero-order chi connectivity index (χ0) is 15.6. The smallest absolute Gasteiger partial charge is 0.279 e. The molecular weight excluding hydrogens is 315 g/mol. The van der Waals surface area contributed by atoms with Gasteiger partial charge in [0.2, 0.25) is 0 Å². The molecule has 1 fully saturated rings. The zero-order valence-corrected chi connectivity index (χ0v) is 13.3. The summed E-state index contributed by atoms with van der Waals surface area (Å²) in [5.74, 6) is -0.471. The summed E-state index contributed by atoms with van der Waals surface area (Å²) in [6, 6.07) is 1.40. The third-order valence-corrected chi connectivity index (χ3v) is 4.38. The second kappa shape index (κ2) is 6.27. The normalized spacial score (nSPS) is 17.5. The number of quaternary nitrogens is 1. The number of likely N-dealkylation sites (N-methyl/N-ethyl adjacent to an activating group) is 1. The predicted octanol–water partition coefficient (Wildman–Crippen LogP) is 1.27. The number of halogens is 2. The molecule has 116 valence electrons. The Morgan fingerprint density at radius 2 is 2.10 bits per heavy atom. The fraction of sp³-hybridized carbons (Fsp3) is 0.462. The number of hydrogen-bond donors (Lipinski definition) is 4. The standard InChI is InChI=1S/C13H18Cl2N4O2/c1-19(4-2-17-3-5-19)7-10(20)18-9-6-8(14)12(16)11(15)13(9)21/h6,17H,2-5,7,16H2,1H3,(H-,18,20,21)/p+1. The zero-order valence-electron chi connectivity index (χ0n) is 11.7. The number of nitrogen functional groups attached to an aromatic ring is 1. The van der Waals surface area contributed by atoms with Gasteiger partial charge in [-0.25, -0.2) is 0 Å². The Labute approximate surface area is 133 Å². The van der Waals surface area contributed by atoms with E-state index in [0.717, 1.165) is 26.2 Å².